The van der Waals surface area contributed by atoms with Gasteiger partial charge in [0.15, 0.2) is 0 Å². The number of aromatic nitrogens is 2. The Morgan fingerprint density at radius 1 is 0.902 bits per heavy atom. The highest BCUT2D eigenvalue weighted by atomic mass is 16.6. The largest absolute Gasteiger partial charge is 0.497 e. The fraction of sp³-hybridized carbons (Fsp3) is 0.312. The normalized spacial score (nSPS) is 18.8. The van der Waals surface area contributed by atoms with Crippen molar-refractivity contribution in [3.05, 3.63) is 128 Å². The number of hydrogen-bond donors (Lipinski definition) is 2. The second-order valence-electron chi connectivity index (χ2n) is 10.1. The zero-order valence-corrected chi connectivity index (χ0v) is 23.3. The molecular weight excluding hydrogens is 524 g/mol. The van der Waals surface area contributed by atoms with Gasteiger partial charge in [-0.25, -0.2) is 4.79 Å². The molecule has 0 spiro atoms. The number of nitrogens with zero attached hydrogens (tertiary/aromatic N) is 1. The maximum absolute atomic E-state index is 12.3. The van der Waals surface area contributed by atoms with Crippen LogP contribution in [0.25, 0.3) is 0 Å². The van der Waals surface area contributed by atoms with Gasteiger partial charge in [0, 0.05) is 18.2 Å². The number of aryl methyl sites for hydroxylation is 1. The summed E-state index contributed by atoms with van der Waals surface area (Å²) in [6.07, 6.45) is -0.0510. The summed E-state index contributed by atoms with van der Waals surface area (Å²) in [6.45, 7) is 1.91. The van der Waals surface area contributed by atoms with Crippen LogP contribution in [0.5, 0.6) is 11.5 Å². The van der Waals surface area contributed by atoms with Crippen molar-refractivity contribution in [3.8, 4) is 11.5 Å². The molecule has 0 unspecified atom stereocenters. The fourth-order valence-corrected chi connectivity index (χ4v) is 5.34. The fourth-order valence-electron chi connectivity index (χ4n) is 5.34. The number of H-pyrrole nitrogens is 1. The summed E-state index contributed by atoms with van der Waals surface area (Å²) in [7, 11) is 3.24. The molecule has 3 atom stereocenters. The predicted octanol–water partition coefficient (Wildman–Crippen LogP) is 3.39. The molecule has 5 rings (SSSR count). The van der Waals surface area contributed by atoms with Gasteiger partial charge < -0.3 is 24.1 Å². The number of ether oxygens (including phenoxy) is 4. The minimum absolute atomic E-state index is 0.0736. The van der Waals surface area contributed by atoms with Crippen molar-refractivity contribution < 1.29 is 24.1 Å². The van der Waals surface area contributed by atoms with Gasteiger partial charge in [-0.3, -0.25) is 14.3 Å². The molecule has 0 bridgehead atoms. The average Bonchev–Trinajstić information content (AvgIpc) is 3.35. The summed E-state index contributed by atoms with van der Waals surface area (Å²) in [5.41, 5.74) is 1.08. The van der Waals surface area contributed by atoms with E-state index in [1.54, 1.807) is 21.1 Å². The summed E-state index contributed by atoms with van der Waals surface area (Å²) in [6, 6.07) is 25.3. The quantitative estimate of drug-likeness (QED) is 0.287. The number of nitrogens with one attached hydrogen (secondary N) is 1. The van der Waals surface area contributed by atoms with E-state index in [9.17, 15) is 14.7 Å². The van der Waals surface area contributed by atoms with Gasteiger partial charge in [0.1, 0.15) is 23.2 Å². The van der Waals surface area contributed by atoms with Gasteiger partial charge in [0.05, 0.1) is 39.6 Å². The lowest BCUT2D eigenvalue weighted by Crippen LogP contribution is -2.38. The van der Waals surface area contributed by atoms with Crippen LogP contribution in [0.15, 0.2) is 94.6 Å². The van der Waals surface area contributed by atoms with Crippen molar-refractivity contribution in [2.45, 2.75) is 43.8 Å². The molecule has 0 amide bonds. The number of benzene rings is 3. The highest BCUT2D eigenvalue weighted by molar-refractivity contribution is 5.49. The lowest BCUT2D eigenvalue weighted by Gasteiger charge is -2.37. The van der Waals surface area contributed by atoms with Crippen molar-refractivity contribution in [1.29, 1.82) is 0 Å². The van der Waals surface area contributed by atoms with E-state index in [1.165, 1.54) is 10.8 Å². The Kier molecular flexibility index (Phi) is 8.39. The molecule has 2 N–H and O–H groups in total. The molecule has 214 valence electrons. The highest BCUT2D eigenvalue weighted by Gasteiger charge is 2.41. The number of aliphatic hydroxyl groups excluding tert-OH is 1. The molecule has 41 heavy (non-hydrogen) atoms. The van der Waals surface area contributed by atoms with Gasteiger partial charge in [0.25, 0.3) is 5.56 Å². The Hall–Kier alpha value is -4.18. The summed E-state index contributed by atoms with van der Waals surface area (Å²) in [5, 5.41) is 11.0. The smallest absolute Gasteiger partial charge is 0.328 e. The van der Waals surface area contributed by atoms with E-state index >= 15 is 0 Å². The predicted molar refractivity (Wildman–Crippen MR) is 154 cm³/mol. The third-order valence-electron chi connectivity index (χ3n) is 7.53. The summed E-state index contributed by atoms with van der Waals surface area (Å²) >= 11 is 0. The van der Waals surface area contributed by atoms with Crippen LogP contribution in [0.2, 0.25) is 0 Å². The van der Waals surface area contributed by atoms with E-state index < -0.39 is 35.2 Å². The molecule has 1 aliphatic heterocycles. The first-order chi connectivity index (χ1) is 19.8. The van der Waals surface area contributed by atoms with Crippen LogP contribution < -0.4 is 20.7 Å². The molecule has 0 aliphatic carbocycles. The minimum atomic E-state index is -1.05. The van der Waals surface area contributed by atoms with Crippen LogP contribution in [-0.2, 0) is 21.6 Å². The maximum atomic E-state index is 12.3. The van der Waals surface area contributed by atoms with Crippen molar-refractivity contribution in [2.75, 3.05) is 20.8 Å². The van der Waals surface area contributed by atoms with E-state index in [4.69, 9.17) is 18.9 Å². The van der Waals surface area contributed by atoms with E-state index in [-0.39, 0.29) is 13.2 Å². The number of hydrogen-bond acceptors (Lipinski definition) is 7. The minimum Gasteiger partial charge on any atom is -0.497 e. The van der Waals surface area contributed by atoms with Crippen molar-refractivity contribution in [1.82, 2.24) is 9.55 Å². The Labute approximate surface area is 237 Å². The summed E-state index contributed by atoms with van der Waals surface area (Å²) in [5.74, 6) is 1.44. The molecule has 1 fully saturated rings. The molecular formula is C32H34N2O7. The van der Waals surface area contributed by atoms with E-state index in [0.29, 0.717) is 12.0 Å². The van der Waals surface area contributed by atoms with Crippen LogP contribution in [0, 0.1) is 6.92 Å². The van der Waals surface area contributed by atoms with Crippen LogP contribution >= 0.6 is 0 Å². The third-order valence-corrected chi connectivity index (χ3v) is 7.53. The van der Waals surface area contributed by atoms with Crippen molar-refractivity contribution in [2.24, 2.45) is 0 Å². The van der Waals surface area contributed by atoms with Gasteiger partial charge >= 0.3 is 5.69 Å². The van der Waals surface area contributed by atoms with Crippen LogP contribution in [0.4, 0.5) is 0 Å². The first-order valence-electron chi connectivity index (χ1n) is 13.5. The molecule has 1 aromatic heterocycles. The molecule has 9 nitrogen and oxygen atoms in total. The third kappa shape index (κ3) is 5.83. The second-order valence-corrected chi connectivity index (χ2v) is 10.1. The second kappa shape index (κ2) is 12.1. The SMILES string of the molecule is COc1ccc(C(OC[C@H]2O[C@H](Cn3cc(C)c(=O)[nH]c3=O)C[C@@H]2O)(c2ccccc2)c2ccc(OC)cc2)cc1. The number of aliphatic hydroxyl groups is 1. The number of rotatable bonds is 10. The van der Waals surface area contributed by atoms with E-state index in [0.717, 1.165) is 28.2 Å². The zero-order chi connectivity index (χ0) is 29.0. The maximum Gasteiger partial charge on any atom is 0.328 e. The van der Waals surface area contributed by atoms with E-state index in [2.05, 4.69) is 4.98 Å². The van der Waals surface area contributed by atoms with Crippen LogP contribution in [0.3, 0.4) is 0 Å². The molecule has 0 radical (unpaired) electrons. The van der Waals surface area contributed by atoms with Crippen molar-refractivity contribution in [3.63, 3.8) is 0 Å². The number of aromatic amines is 1. The Balaban J connectivity index is 1.48. The zero-order valence-electron chi connectivity index (χ0n) is 23.3. The molecule has 4 aromatic rings. The first kappa shape index (κ1) is 28.4. The summed E-state index contributed by atoms with van der Waals surface area (Å²) in [4.78, 5) is 26.4. The Bertz CT molecular complexity index is 1520. The first-order valence-corrected chi connectivity index (χ1v) is 13.5. The Morgan fingerprint density at radius 2 is 1.46 bits per heavy atom. The Morgan fingerprint density at radius 3 is 2.02 bits per heavy atom. The monoisotopic (exact) mass is 558 g/mol. The standard InChI is InChI=1S/C32H34N2O7/c1-21-18-34(31(37)33-30(21)36)19-27-17-28(35)29(41-27)20-40-32(22-7-5-4-6-8-22,23-9-13-25(38-2)14-10-23)24-11-15-26(39-3)16-12-24/h4-16,18,27-29,35H,17,19-20H2,1-3H3,(H,33,36,37)/t27-,28-,29+/m0/s1. The number of methoxy groups -OCH3 is 2. The molecule has 0 saturated carbocycles. The van der Waals surface area contributed by atoms with Gasteiger partial charge in [-0.2, -0.15) is 0 Å². The van der Waals surface area contributed by atoms with Crippen LogP contribution in [-0.4, -0.2) is 53.8 Å². The van der Waals surface area contributed by atoms with Gasteiger partial charge in [0.2, 0.25) is 0 Å². The van der Waals surface area contributed by atoms with Gasteiger partial charge in [-0.05, 0) is 47.9 Å². The summed E-state index contributed by atoms with van der Waals surface area (Å²) < 4.78 is 25.3. The van der Waals surface area contributed by atoms with Gasteiger partial charge in [-0.15, -0.1) is 0 Å². The molecule has 1 aliphatic rings. The van der Waals surface area contributed by atoms with Gasteiger partial charge in [-0.1, -0.05) is 54.6 Å². The molecule has 9 heteroatoms. The van der Waals surface area contributed by atoms with E-state index in [1.807, 2.05) is 78.9 Å². The highest BCUT2D eigenvalue weighted by Crippen LogP contribution is 2.42. The molecule has 1 saturated heterocycles. The topological polar surface area (TPSA) is 112 Å². The molecule has 3 aromatic carbocycles. The van der Waals surface area contributed by atoms with Crippen LogP contribution in [0.1, 0.15) is 28.7 Å². The lowest BCUT2D eigenvalue weighted by atomic mass is 9.80. The average molecular weight is 559 g/mol. The van der Waals surface area contributed by atoms with Crippen molar-refractivity contribution >= 4 is 0 Å². The molecule has 2 heterocycles. The lowest BCUT2D eigenvalue weighted by molar-refractivity contribution is -0.0840.